The molecule has 0 aliphatic rings. The van der Waals surface area contributed by atoms with Gasteiger partial charge in [-0.2, -0.15) is 5.10 Å². The minimum absolute atomic E-state index is 0.294. The Morgan fingerprint density at radius 2 is 1.75 bits per heavy atom. The molecule has 0 bridgehead atoms. The summed E-state index contributed by atoms with van der Waals surface area (Å²) in [6, 6.07) is 15.8. The van der Waals surface area contributed by atoms with Crippen LogP contribution in [0.4, 0.5) is 5.69 Å². The smallest absolute Gasteiger partial charge is 0.338 e. The molecule has 1 aromatic heterocycles. The Bertz CT molecular complexity index is 976. The number of rotatable bonds is 6. The minimum atomic E-state index is -0.394. The third-order valence-corrected chi connectivity index (χ3v) is 4.15. The molecule has 7 heteroatoms. The highest BCUT2D eigenvalue weighted by Crippen LogP contribution is 2.23. The van der Waals surface area contributed by atoms with Crippen LogP contribution in [-0.4, -0.2) is 35.4 Å². The number of nitrogens with one attached hydrogen (secondary N) is 1. The standard InChI is InChI=1S/C21H21N3O4/c1-4-28-21(26)15-5-9-16(10-6-15)22-20(25)18-13-19(24(2)23-18)14-7-11-17(27-3)12-8-14/h5-13H,4H2,1-3H3,(H,22,25). The van der Waals surface area contributed by atoms with Gasteiger partial charge in [0.05, 0.1) is 25.0 Å². The van der Waals surface area contributed by atoms with Gasteiger partial charge in [0.1, 0.15) is 5.75 Å². The Labute approximate surface area is 162 Å². The van der Waals surface area contributed by atoms with Crippen molar-refractivity contribution in [1.82, 2.24) is 9.78 Å². The summed E-state index contributed by atoms with van der Waals surface area (Å²) in [5, 5.41) is 7.07. The zero-order valence-electron chi connectivity index (χ0n) is 15.9. The van der Waals surface area contributed by atoms with Gasteiger partial charge in [-0.3, -0.25) is 9.48 Å². The second-order valence-electron chi connectivity index (χ2n) is 6.02. The van der Waals surface area contributed by atoms with Crippen molar-refractivity contribution in [2.24, 2.45) is 7.05 Å². The van der Waals surface area contributed by atoms with Crippen molar-refractivity contribution in [2.45, 2.75) is 6.92 Å². The summed E-state index contributed by atoms with van der Waals surface area (Å²) >= 11 is 0. The first kappa shape index (κ1) is 19.2. The van der Waals surface area contributed by atoms with Crippen molar-refractivity contribution in [2.75, 3.05) is 19.0 Å². The number of aromatic nitrogens is 2. The molecule has 144 valence electrons. The van der Waals surface area contributed by atoms with Crippen molar-refractivity contribution in [3.63, 3.8) is 0 Å². The van der Waals surface area contributed by atoms with Crippen LogP contribution in [0, 0.1) is 0 Å². The van der Waals surface area contributed by atoms with Crippen LogP contribution in [0.15, 0.2) is 54.6 Å². The van der Waals surface area contributed by atoms with Crippen LogP contribution in [0.5, 0.6) is 5.75 Å². The normalized spacial score (nSPS) is 10.4. The van der Waals surface area contributed by atoms with Gasteiger partial charge >= 0.3 is 5.97 Å². The Morgan fingerprint density at radius 3 is 2.36 bits per heavy atom. The molecule has 28 heavy (non-hydrogen) atoms. The first-order valence-corrected chi connectivity index (χ1v) is 8.79. The minimum Gasteiger partial charge on any atom is -0.497 e. The molecular formula is C21H21N3O4. The topological polar surface area (TPSA) is 82.5 Å². The molecule has 0 spiro atoms. The molecule has 3 aromatic rings. The Hall–Kier alpha value is -3.61. The average Bonchev–Trinajstić information content (AvgIpc) is 3.10. The summed E-state index contributed by atoms with van der Waals surface area (Å²) in [7, 11) is 3.39. The van der Waals surface area contributed by atoms with Crippen LogP contribution in [0.25, 0.3) is 11.3 Å². The number of amides is 1. The van der Waals surface area contributed by atoms with Crippen molar-refractivity contribution < 1.29 is 19.1 Å². The van der Waals surface area contributed by atoms with Crippen molar-refractivity contribution >= 4 is 17.6 Å². The van der Waals surface area contributed by atoms with Crippen LogP contribution >= 0.6 is 0 Å². The number of esters is 1. The number of nitrogens with zero attached hydrogens (tertiary/aromatic N) is 2. The molecule has 1 amide bonds. The predicted octanol–water partition coefficient (Wildman–Crippen LogP) is 3.52. The summed E-state index contributed by atoms with van der Waals surface area (Å²) in [5.41, 5.74) is 3.02. The monoisotopic (exact) mass is 379 g/mol. The molecule has 3 rings (SSSR count). The van der Waals surface area contributed by atoms with E-state index in [0.717, 1.165) is 17.0 Å². The summed E-state index contributed by atoms with van der Waals surface area (Å²) in [6.45, 7) is 2.06. The van der Waals surface area contributed by atoms with Crippen molar-refractivity contribution in [3.8, 4) is 17.0 Å². The number of benzene rings is 2. The van der Waals surface area contributed by atoms with E-state index in [0.29, 0.717) is 23.6 Å². The summed E-state index contributed by atoms with van der Waals surface area (Å²) in [4.78, 5) is 24.2. The molecule has 0 aliphatic carbocycles. The highest BCUT2D eigenvalue weighted by Gasteiger charge is 2.15. The third kappa shape index (κ3) is 4.20. The number of carbonyl (C=O) groups is 2. The fraction of sp³-hybridized carbons (Fsp3) is 0.190. The lowest BCUT2D eigenvalue weighted by Gasteiger charge is -2.05. The van der Waals surface area contributed by atoms with E-state index in [1.807, 2.05) is 24.3 Å². The molecule has 0 saturated carbocycles. The Kier molecular flexibility index (Phi) is 5.74. The van der Waals surface area contributed by atoms with Crippen LogP contribution in [-0.2, 0) is 11.8 Å². The lowest BCUT2D eigenvalue weighted by molar-refractivity contribution is 0.0526. The van der Waals surface area contributed by atoms with E-state index in [1.54, 1.807) is 56.1 Å². The van der Waals surface area contributed by atoms with Crippen molar-refractivity contribution in [1.29, 1.82) is 0 Å². The molecule has 0 fully saturated rings. The fourth-order valence-electron chi connectivity index (χ4n) is 2.71. The van der Waals surface area contributed by atoms with Crippen LogP contribution in [0.1, 0.15) is 27.8 Å². The lowest BCUT2D eigenvalue weighted by atomic mass is 10.1. The summed E-state index contributed by atoms with van der Waals surface area (Å²) in [6.07, 6.45) is 0. The van der Waals surface area contributed by atoms with Gasteiger partial charge in [0.15, 0.2) is 5.69 Å². The van der Waals surface area contributed by atoms with Gasteiger partial charge in [-0.05, 0) is 61.5 Å². The van der Waals surface area contributed by atoms with E-state index in [-0.39, 0.29) is 5.91 Å². The largest absolute Gasteiger partial charge is 0.497 e. The number of methoxy groups -OCH3 is 1. The van der Waals surface area contributed by atoms with Crippen molar-refractivity contribution in [3.05, 3.63) is 65.9 Å². The van der Waals surface area contributed by atoms with Gasteiger partial charge < -0.3 is 14.8 Å². The molecule has 0 aliphatic heterocycles. The molecule has 1 N–H and O–H groups in total. The third-order valence-electron chi connectivity index (χ3n) is 4.15. The molecule has 0 atom stereocenters. The summed E-state index contributed by atoms with van der Waals surface area (Å²) in [5.74, 6) is 0.0311. The number of anilines is 1. The molecule has 0 unspecified atom stereocenters. The number of aryl methyl sites for hydroxylation is 1. The number of carbonyl (C=O) groups excluding carboxylic acids is 2. The first-order valence-electron chi connectivity index (χ1n) is 8.79. The van der Waals surface area contributed by atoms with Gasteiger partial charge in [-0.1, -0.05) is 0 Å². The molecule has 1 heterocycles. The predicted molar refractivity (Wildman–Crippen MR) is 106 cm³/mol. The van der Waals surface area contributed by atoms with Crippen LogP contribution in [0.3, 0.4) is 0 Å². The maximum absolute atomic E-state index is 12.5. The highest BCUT2D eigenvalue weighted by molar-refractivity contribution is 6.03. The maximum atomic E-state index is 12.5. The van der Waals surface area contributed by atoms with E-state index in [2.05, 4.69) is 10.4 Å². The zero-order valence-corrected chi connectivity index (χ0v) is 15.9. The Morgan fingerprint density at radius 1 is 1.07 bits per heavy atom. The van der Waals surface area contributed by atoms with Crippen LogP contribution in [0.2, 0.25) is 0 Å². The van der Waals surface area contributed by atoms with E-state index in [4.69, 9.17) is 9.47 Å². The number of ether oxygens (including phenoxy) is 2. The quantitative estimate of drug-likeness (QED) is 0.663. The molecule has 0 radical (unpaired) electrons. The van der Waals surface area contributed by atoms with E-state index < -0.39 is 5.97 Å². The summed E-state index contributed by atoms with van der Waals surface area (Å²) < 4.78 is 11.8. The first-order chi connectivity index (χ1) is 13.5. The average molecular weight is 379 g/mol. The van der Waals surface area contributed by atoms with Gasteiger partial charge in [-0.15, -0.1) is 0 Å². The van der Waals surface area contributed by atoms with Crippen LogP contribution < -0.4 is 10.1 Å². The SMILES string of the molecule is CCOC(=O)c1ccc(NC(=O)c2cc(-c3ccc(OC)cc3)n(C)n2)cc1. The fourth-order valence-corrected chi connectivity index (χ4v) is 2.71. The lowest BCUT2D eigenvalue weighted by Crippen LogP contribution is -2.13. The maximum Gasteiger partial charge on any atom is 0.338 e. The molecule has 0 saturated heterocycles. The van der Waals surface area contributed by atoms with E-state index in [1.165, 1.54) is 0 Å². The van der Waals surface area contributed by atoms with Gasteiger partial charge in [0, 0.05) is 18.3 Å². The van der Waals surface area contributed by atoms with E-state index >= 15 is 0 Å². The van der Waals surface area contributed by atoms with Gasteiger partial charge in [0.2, 0.25) is 0 Å². The molecule has 2 aromatic carbocycles. The Balaban J connectivity index is 1.73. The second kappa shape index (κ2) is 8.39. The number of hydrogen-bond acceptors (Lipinski definition) is 5. The second-order valence-corrected chi connectivity index (χ2v) is 6.02. The molecular weight excluding hydrogens is 358 g/mol. The number of hydrogen-bond donors (Lipinski definition) is 1. The van der Waals surface area contributed by atoms with E-state index in [9.17, 15) is 9.59 Å². The molecule has 7 nitrogen and oxygen atoms in total. The zero-order chi connectivity index (χ0) is 20.1. The van der Waals surface area contributed by atoms with Gasteiger partial charge in [-0.25, -0.2) is 4.79 Å². The van der Waals surface area contributed by atoms with Gasteiger partial charge in [0.25, 0.3) is 5.91 Å². The highest BCUT2D eigenvalue weighted by atomic mass is 16.5.